The summed E-state index contributed by atoms with van der Waals surface area (Å²) < 4.78 is 22.8. The molecule has 0 spiro atoms. The van der Waals surface area contributed by atoms with Gasteiger partial charge in [-0.3, -0.25) is 4.79 Å². The van der Waals surface area contributed by atoms with E-state index in [4.69, 9.17) is 18.9 Å². The monoisotopic (exact) mass is 482 g/mol. The number of ketones is 1. The van der Waals surface area contributed by atoms with E-state index in [0.717, 1.165) is 6.07 Å². The molecule has 182 valence electrons. The SMILES string of the molecule is COc1ccc([C@H]2Oc3ccc([C@H]4Oc5cc(O)cc(O)c5C(=O)[C@@H]4O)cc3O[C@@H]2CO)cc1O. The van der Waals surface area contributed by atoms with Crippen molar-refractivity contribution in [3.8, 4) is 40.2 Å². The number of rotatable bonds is 4. The number of methoxy groups -OCH3 is 1. The molecule has 4 atom stereocenters. The van der Waals surface area contributed by atoms with Crippen molar-refractivity contribution in [2.24, 2.45) is 0 Å². The number of hydrogen-bond donors (Lipinski definition) is 5. The van der Waals surface area contributed by atoms with Gasteiger partial charge in [0.2, 0.25) is 5.78 Å². The predicted molar refractivity (Wildman–Crippen MR) is 119 cm³/mol. The van der Waals surface area contributed by atoms with Crippen molar-refractivity contribution in [3.05, 3.63) is 65.2 Å². The predicted octanol–water partition coefficient (Wildman–Crippen LogP) is 2.36. The summed E-state index contributed by atoms with van der Waals surface area (Å²) >= 11 is 0. The number of ether oxygens (including phenoxy) is 4. The standard InChI is InChI=1S/C25H22O10/c1-32-16-4-2-11(6-14(16)28)24-20(10-26)33-18-7-12(3-5-17(18)34-24)25-23(31)22(30)21-15(29)8-13(27)9-19(21)35-25/h2-9,20,23-29,31H,10H2,1H3/t20-,23+,24-,25-/m1/s1. The van der Waals surface area contributed by atoms with Crippen molar-refractivity contribution in [1.29, 1.82) is 0 Å². The lowest BCUT2D eigenvalue weighted by Crippen LogP contribution is -2.37. The maximum absolute atomic E-state index is 12.7. The zero-order chi connectivity index (χ0) is 24.9. The van der Waals surface area contributed by atoms with Crippen molar-refractivity contribution < 1.29 is 49.3 Å². The number of phenolic OH excluding ortho intramolecular Hbond substituents is 3. The van der Waals surface area contributed by atoms with Gasteiger partial charge in [0.15, 0.2) is 47.4 Å². The molecule has 35 heavy (non-hydrogen) atoms. The maximum atomic E-state index is 12.7. The van der Waals surface area contributed by atoms with Crippen molar-refractivity contribution in [3.63, 3.8) is 0 Å². The molecule has 0 unspecified atom stereocenters. The second kappa shape index (κ2) is 8.57. The van der Waals surface area contributed by atoms with E-state index in [0.29, 0.717) is 22.6 Å². The Balaban J connectivity index is 1.46. The first-order valence-electron chi connectivity index (χ1n) is 10.7. The molecule has 3 aromatic carbocycles. The molecule has 0 radical (unpaired) electrons. The summed E-state index contributed by atoms with van der Waals surface area (Å²) in [6, 6.07) is 11.6. The van der Waals surface area contributed by atoms with Crippen LogP contribution in [0.25, 0.3) is 0 Å². The molecule has 5 rings (SSSR count). The number of Topliss-reactive ketones (excluding diaryl/α,β-unsaturated/α-hetero) is 1. The van der Waals surface area contributed by atoms with Gasteiger partial charge in [-0.25, -0.2) is 0 Å². The Morgan fingerprint density at radius 1 is 0.829 bits per heavy atom. The van der Waals surface area contributed by atoms with Crippen molar-refractivity contribution in [1.82, 2.24) is 0 Å². The number of carbonyl (C=O) groups excluding carboxylic acids is 1. The third-order valence-electron chi connectivity index (χ3n) is 6.00. The van der Waals surface area contributed by atoms with Crippen LogP contribution in [-0.2, 0) is 0 Å². The van der Waals surface area contributed by atoms with Crippen molar-refractivity contribution >= 4 is 5.78 Å². The number of phenols is 3. The van der Waals surface area contributed by atoms with Crippen LogP contribution in [0.1, 0.15) is 33.7 Å². The summed E-state index contributed by atoms with van der Waals surface area (Å²) in [6.45, 7) is -0.395. The lowest BCUT2D eigenvalue weighted by atomic mass is 9.92. The van der Waals surface area contributed by atoms with Gasteiger partial charge in [0.25, 0.3) is 0 Å². The zero-order valence-electron chi connectivity index (χ0n) is 18.4. The summed E-state index contributed by atoms with van der Waals surface area (Å²) in [6.07, 6.45) is -4.32. The van der Waals surface area contributed by atoms with Crippen LogP contribution in [0.2, 0.25) is 0 Å². The number of hydrogen-bond acceptors (Lipinski definition) is 10. The topological polar surface area (TPSA) is 155 Å². The number of benzene rings is 3. The highest BCUT2D eigenvalue weighted by atomic mass is 16.6. The average Bonchev–Trinajstić information content (AvgIpc) is 2.84. The fourth-order valence-corrected chi connectivity index (χ4v) is 4.29. The molecule has 0 aliphatic carbocycles. The fourth-order valence-electron chi connectivity index (χ4n) is 4.29. The fraction of sp³-hybridized carbons (Fsp3) is 0.240. The van der Waals surface area contributed by atoms with Crippen molar-refractivity contribution in [2.45, 2.75) is 24.4 Å². The minimum Gasteiger partial charge on any atom is -0.508 e. The van der Waals surface area contributed by atoms with E-state index in [1.165, 1.54) is 25.3 Å². The first-order chi connectivity index (χ1) is 16.8. The van der Waals surface area contributed by atoms with Gasteiger partial charge in [-0.05, 0) is 29.8 Å². The van der Waals surface area contributed by atoms with Crippen LogP contribution in [0, 0.1) is 0 Å². The maximum Gasteiger partial charge on any atom is 0.202 e. The molecular weight excluding hydrogens is 460 g/mol. The molecule has 0 amide bonds. The highest BCUT2D eigenvalue weighted by Gasteiger charge is 2.40. The molecule has 0 saturated carbocycles. The van der Waals surface area contributed by atoms with Gasteiger partial charge in [0.05, 0.1) is 13.7 Å². The van der Waals surface area contributed by atoms with Gasteiger partial charge in [-0.15, -0.1) is 0 Å². The second-order valence-electron chi connectivity index (χ2n) is 8.20. The highest BCUT2D eigenvalue weighted by Crippen LogP contribution is 2.45. The van der Waals surface area contributed by atoms with E-state index in [1.54, 1.807) is 24.3 Å². The Kier molecular flexibility index (Phi) is 5.54. The first-order valence-corrected chi connectivity index (χ1v) is 10.7. The van der Waals surface area contributed by atoms with Gasteiger partial charge in [0.1, 0.15) is 22.8 Å². The molecule has 10 nitrogen and oxygen atoms in total. The molecule has 0 aromatic heterocycles. The number of aliphatic hydroxyl groups is 2. The van der Waals surface area contributed by atoms with Gasteiger partial charge < -0.3 is 44.5 Å². The Hall–Kier alpha value is -4.15. The summed E-state index contributed by atoms with van der Waals surface area (Å²) in [5.41, 5.74) is 0.721. The third kappa shape index (κ3) is 3.82. The van der Waals surface area contributed by atoms with Crippen LogP contribution in [-0.4, -0.2) is 57.2 Å². The van der Waals surface area contributed by atoms with E-state index in [9.17, 15) is 30.3 Å². The third-order valence-corrected chi connectivity index (χ3v) is 6.00. The van der Waals surface area contributed by atoms with Gasteiger partial charge >= 0.3 is 0 Å². The minimum atomic E-state index is -1.62. The van der Waals surface area contributed by atoms with Crippen LogP contribution in [0.5, 0.6) is 40.2 Å². The zero-order valence-corrected chi connectivity index (χ0v) is 18.4. The molecule has 0 fully saturated rings. The molecular formula is C25H22O10. The summed E-state index contributed by atoms with van der Waals surface area (Å²) in [4.78, 5) is 12.7. The van der Waals surface area contributed by atoms with Crippen LogP contribution in [0.4, 0.5) is 0 Å². The normalized spacial score (nSPS) is 22.8. The Morgan fingerprint density at radius 2 is 1.54 bits per heavy atom. The summed E-state index contributed by atoms with van der Waals surface area (Å²) in [5, 5.41) is 50.4. The largest absolute Gasteiger partial charge is 0.508 e. The highest BCUT2D eigenvalue weighted by molar-refractivity contribution is 6.05. The summed E-state index contributed by atoms with van der Waals surface area (Å²) in [5.74, 6) is -0.813. The van der Waals surface area contributed by atoms with Crippen LogP contribution in [0.3, 0.4) is 0 Å². The quantitative estimate of drug-likeness (QED) is 0.374. The van der Waals surface area contributed by atoms with Crippen LogP contribution < -0.4 is 18.9 Å². The smallest absolute Gasteiger partial charge is 0.202 e. The van der Waals surface area contributed by atoms with Crippen LogP contribution >= 0.6 is 0 Å². The molecule has 0 saturated heterocycles. The van der Waals surface area contributed by atoms with E-state index >= 15 is 0 Å². The molecule has 2 aliphatic heterocycles. The lowest BCUT2D eigenvalue weighted by molar-refractivity contribution is -0.0130. The molecule has 3 aromatic rings. The van der Waals surface area contributed by atoms with E-state index in [2.05, 4.69) is 0 Å². The molecule has 10 heteroatoms. The average molecular weight is 482 g/mol. The molecule has 5 N–H and O–H groups in total. The van der Waals surface area contributed by atoms with Crippen LogP contribution in [0.15, 0.2) is 48.5 Å². The molecule has 2 heterocycles. The number of carbonyl (C=O) groups is 1. The number of fused-ring (bicyclic) bond motifs is 2. The lowest BCUT2D eigenvalue weighted by Gasteiger charge is -2.35. The number of aromatic hydroxyl groups is 3. The summed E-state index contributed by atoms with van der Waals surface area (Å²) in [7, 11) is 1.43. The first kappa shape index (κ1) is 22.6. The van der Waals surface area contributed by atoms with Gasteiger partial charge in [0, 0.05) is 17.7 Å². The Morgan fingerprint density at radius 3 is 2.26 bits per heavy atom. The number of aliphatic hydroxyl groups excluding tert-OH is 2. The molecule has 0 bridgehead atoms. The Bertz CT molecular complexity index is 1300. The second-order valence-corrected chi connectivity index (χ2v) is 8.20. The minimum absolute atomic E-state index is 0.0645. The van der Waals surface area contributed by atoms with Crippen molar-refractivity contribution in [2.75, 3.05) is 13.7 Å². The van der Waals surface area contributed by atoms with Gasteiger partial charge in [-0.1, -0.05) is 12.1 Å². The van der Waals surface area contributed by atoms with E-state index in [1.807, 2.05) is 0 Å². The Labute approximate surface area is 199 Å². The molecule has 2 aliphatic rings. The van der Waals surface area contributed by atoms with Gasteiger partial charge in [-0.2, -0.15) is 0 Å². The van der Waals surface area contributed by atoms with E-state index < -0.39 is 42.6 Å². The van der Waals surface area contributed by atoms with E-state index in [-0.39, 0.29) is 28.6 Å².